The minimum absolute atomic E-state index is 0.152. The summed E-state index contributed by atoms with van der Waals surface area (Å²) in [6, 6.07) is 11.6. The summed E-state index contributed by atoms with van der Waals surface area (Å²) in [6.07, 6.45) is 2.50. The van der Waals surface area contributed by atoms with Crippen molar-refractivity contribution in [1.82, 2.24) is 9.21 Å². The Morgan fingerprint density at radius 2 is 1.77 bits per heavy atom. The van der Waals surface area contributed by atoms with E-state index in [1.54, 1.807) is 36.3 Å². The predicted molar refractivity (Wildman–Crippen MR) is 119 cm³/mol. The molecule has 0 aromatic heterocycles. The number of benzene rings is 2. The molecule has 0 radical (unpaired) electrons. The van der Waals surface area contributed by atoms with Gasteiger partial charge in [0.2, 0.25) is 10.0 Å². The van der Waals surface area contributed by atoms with E-state index in [0.29, 0.717) is 36.0 Å². The molecule has 9 heteroatoms. The largest absolute Gasteiger partial charge is 0.493 e. The van der Waals surface area contributed by atoms with Gasteiger partial charge >= 0.3 is 0 Å². The summed E-state index contributed by atoms with van der Waals surface area (Å²) in [5, 5.41) is 0.473. The van der Waals surface area contributed by atoms with Crippen molar-refractivity contribution in [1.29, 1.82) is 0 Å². The first-order chi connectivity index (χ1) is 14.8. The van der Waals surface area contributed by atoms with Crippen molar-refractivity contribution in [2.24, 2.45) is 0 Å². The van der Waals surface area contributed by atoms with E-state index in [9.17, 15) is 13.2 Å². The van der Waals surface area contributed by atoms with E-state index in [0.717, 1.165) is 5.56 Å². The van der Waals surface area contributed by atoms with E-state index in [2.05, 4.69) is 6.58 Å². The van der Waals surface area contributed by atoms with Gasteiger partial charge in [-0.3, -0.25) is 4.79 Å². The zero-order valence-electron chi connectivity index (χ0n) is 17.3. The van der Waals surface area contributed by atoms with Gasteiger partial charge in [0, 0.05) is 31.2 Å². The van der Waals surface area contributed by atoms with E-state index in [1.165, 1.54) is 16.4 Å². The van der Waals surface area contributed by atoms with Gasteiger partial charge in [0.05, 0.1) is 12.0 Å². The van der Waals surface area contributed by atoms with Crippen molar-refractivity contribution in [2.45, 2.75) is 11.3 Å². The number of rotatable bonds is 8. The predicted octanol–water partition coefficient (Wildman–Crippen LogP) is 2.99. The first-order valence-electron chi connectivity index (χ1n) is 9.79. The standard InChI is InChI=1S/C22H25ClN2O5S/c1-3-4-17-5-10-20(21(15-17)29-2)30-16-22(26)24-11-13-25(14-12-24)31(27,28)19-8-6-18(23)7-9-19/h3,5-10,15H,1,4,11-14,16H2,2H3. The highest BCUT2D eigenvalue weighted by molar-refractivity contribution is 7.89. The highest BCUT2D eigenvalue weighted by Crippen LogP contribution is 2.28. The average Bonchev–Trinajstić information content (AvgIpc) is 2.78. The number of halogens is 1. The van der Waals surface area contributed by atoms with Crippen LogP contribution in [0.5, 0.6) is 11.5 Å². The van der Waals surface area contributed by atoms with E-state index >= 15 is 0 Å². The minimum Gasteiger partial charge on any atom is -0.493 e. The summed E-state index contributed by atoms with van der Waals surface area (Å²) in [7, 11) is -2.08. The molecule has 1 aliphatic rings. The third-order valence-corrected chi connectivity index (χ3v) is 7.17. The summed E-state index contributed by atoms with van der Waals surface area (Å²) < 4.78 is 37.9. The number of nitrogens with zero attached hydrogens (tertiary/aromatic N) is 2. The minimum atomic E-state index is -3.62. The van der Waals surface area contributed by atoms with Crippen molar-refractivity contribution in [3.63, 3.8) is 0 Å². The van der Waals surface area contributed by atoms with Crippen molar-refractivity contribution >= 4 is 27.5 Å². The van der Waals surface area contributed by atoms with Crippen LogP contribution in [0, 0.1) is 0 Å². The molecular formula is C22H25ClN2O5S. The van der Waals surface area contributed by atoms with Crippen LogP contribution in [-0.4, -0.2) is 63.4 Å². The van der Waals surface area contributed by atoms with E-state index < -0.39 is 10.0 Å². The highest BCUT2D eigenvalue weighted by atomic mass is 35.5. The Morgan fingerprint density at radius 3 is 2.39 bits per heavy atom. The third kappa shape index (κ3) is 5.58. The molecule has 1 aliphatic heterocycles. The molecule has 1 amide bonds. The second-order valence-corrected chi connectivity index (χ2v) is 9.38. The Bertz CT molecular complexity index is 1030. The molecule has 166 valence electrons. The number of hydrogen-bond donors (Lipinski definition) is 0. The molecular weight excluding hydrogens is 440 g/mol. The molecule has 0 aliphatic carbocycles. The second kappa shape index (κ2) is 10.2. The maximum atomic E-state index is 12.8. The van der Waals surface area contributed by atoms with Crippen molar-refractivity contribution in [3.05, 3.63) is 65.7 Å². The van der Waals surface area contributed by atoms with Crippen LogP contribution in [0.4, 0.5) is 0 Å². The van der Waals surface area contributed by atoms with Crippen LogP contribution in [0.15, 0.2) is 60.0 Å². The molecule has 2 aromatic carbocycles. The lowest BCUT2D eigenvalue weighted by Gasteiger charge is -2.34. The molecule has 1 saturated heterocycles. The number of sulfonamides is 1. The van der Waals surface area contributed by atoms with Gasteiger partial charge in [0.15, 0.2) is 18.1 Å². The normalized spacial score (nSPS) is 14.8. The van der Waals surface area contributed by atoms with Gasteiger partial charge < -0.3 is 14.4 Å². The number of amides is 1. The first-order valence-corrected chi connectivity index (χ1v) is 11.6. The summed E-state index contributed by atoms with van der Waals surface area (Å²) in [4.78, 5) is 14.4. The number of hydrogen-bond acceptors (Lipinski definition) is 5. The molecule has 2 aromatic rings. The van der Waals surface area contributed by atoms with Gasteiger partial charge in [-0.1, -0.05) is 23.7 Å². The fourth-order valence-electron chi connectivity index (χ4n) is 3.29. The fourth-order valence-corrected chi connectivity index (χ4v) is 4.84. The van der Waals surface area contributed by atoms with Crippen LogP contribution in [0.2, 0.25) is 5.02 Å². The lowest BCUT2D eigenvalue weighted by Crippen LogP contribution is -2.51. The second-order valence-electron chi connectivity index (χ2n) is 7.01. The quantitative estimate of drug-likeness (QED) is 0.561. The van der Waals surface area contributed by atoms with Gasteiger partial charge in [-0.25, -0.2) is 8.42 Å². The van der Waals surface area contributed by atoms with Gasteiger partial charge in [0.1, 0.15) is 0 Å². The Balaban J connectivity index is 1.56. The van der Waals surface area contributed by atoms with Gasteiger partial charge in [-0.05, 0) is 48.4 Å². The Morgan fingerprint density at radius 1 is 1.10 bits per heavy atom. The van der Waals surface area contributed by atoms with Crippen LogP contribution in [0.3, 0.4) is 0 Å². The van der Waals surface area contributed by atoms with Crippen molar-refractivity contribution < 1.29 is 22.7 Å². The summed E-state index contributed by atoms with van der Waals surface area (Å²) in [5.74, 6) is 0.819. The average molecular weight is 465 g/mol. The number of methoxy groups -OCH3 is 1. The lowest BCUT2D eigenvalue weighted by molar-refractivity contribution is -0.134. The number of piperazine rings is 1. The first kappa shape index (κ1) is 23.1. The molecule has 0 N–H and O–H groups in total. The molecule has 0 bridgehead atoms. The van der Waals surface area contributed by atoms with Crippen LogP contribution < -0.4 is 9.47 Å². The van der Waals surface area contributed by atoms with E-state index in [4.69, 9.17) is 21.1 Å². The maximum absolute atomic E-state index is 12.8. The Labute approximate surface area is 187 Å². The zero-order valence-corrected chi connectivity index (χ0v) is 18.9. The molecule has 0 atom stereocenters. The number of carbonyl (C=O) groups excluding carboxylic acids is 1. The van der Waals surface area contributed by atoms with Crippen LogP contribution in [0.1, 0.15) is 5.56 Å². The molecule has 0 spiro atoms. The van der Waals surface area contributed by atoms with Gasteiger partial charge in [-0.2, -0.15) is 4.31 Å². The Hall–Kier alpha value is -2.55. The van der Waals surface area contributed by atoms with E-state index in [-0.39, 0.29) is 30.5 Å². The fraction of sp³-hybridized carbons (Fsp3) is 0.318. The SMILES string of the molecule is C=CCc1ccc(OCC(=O)N2CCN(S(=O)(=O)c3ccc(Cl)cc3)CC2)c(OC)c1. The van der Waals surface area contributed by atoms with Gasteiger partial charge in [-0.15, -0.1) is 6.58 Å². The van der Waals surface area contributed by atoms with E-state index in [1.807, 2.05) is 12.1 Å². The number of carbonyl (C=O) groups is 1. The highest BCUT2D eigenvalue weighted by Gasteiger charge is 2.30. The molecule has 1 heterocycles. The number of allylic oxidation sites excluding steroid dienone is 1. The summed E-state index contributed by atoms with van der Waals surface area (Å²) >= 11 is 5.84. The maximum Gasteiger partial charge on any atom is 0.260 e. The van der Waals surface area contributed by atoms with Crippen molar-refractivity contribution in [2.75, 3.05) is 39.9 Å². The molecule has 31 heavy (non-hydrogen) atoms. The van der Waals surface area contributed by atoms with Gasteiger partial charge in [0.25, 0.3) is 5.91 Å². The van der Waals surface area contributed by atoms with Crippen molar-refractivity contribution in [3.8, 4) is 11.5 Å². The van der Waals surface area contributed by atoms with Crippen LogP contribution in [-0.2, 0) is 21.2 Å². The zero-order chi connectivity index (χ0) is 22.4. The monoisotopic (exact) mass is 464 g/mol. The molecule has 7 nitrogen and oxygen atoms in total. The molecule has 0 saturated carbocycles. The Kier molecular flexibility index (Phi) is 7.59. The van der Waals surface area contributed by atoms with Crippen LogP contribution >= 0.6 is 11.6 Å². The summed E-state index contributed by atoms with van der Waals surface area (Å²) in [5.41, 5.74) is 1.03. The number of ether oxygens (including phenoxy) is 2. The molecule has 1 fully saturated rings. The van der Waals surface area contributed by atoms with Crippen LogP contribution in [0.25, 0.3) is 0 Å². The molecule has 3 rings (SSSR count). The molecule has 0 unspecified atom stereocenters. The third-order valence-electron chi connectivity index (χ3n) is 5.00. The summed E-state index contributed by atoms with van der Waals surface area (Å²) in [6.45, 7) is 4.60. The lowest BCUT2D eigenvalue weighted by atomic mass is 10.1. The topological polar surface area (TPSA) is 76.2 Å². The smallest absolute Gasteiger partial charge is 0.260 e.